The minimum atomic E-state index is 0.526. The van der Waals surface area contributed by atoms with Crippen LogP contribution in [0.3, 0.4) is 0 Å². The Labute approximate surface area is 210 Å². The van der Waals surface area contributed by atoms with Crippen molar-refractivity contribution in [1.82, 2.24) is 0 Å². The molecule has 0 bridgehead atoms. The van der Waals surface area contributed by atoms with Gasteiger partial charge >= 0.3 is 0 Å². The highest BCUT2D eigenvalue weighted by molar-refractivity contribution is 5.13. The molecule has 0 fully saturated rings. The highest BCUT2D eigenvalue weighted by Crippen LogP contribution is 1.99. The molecule has 0 amide bonds. The lowest BCUT2D eigenvalue weighted by molar-refractivity contribution is -0.0252. The van der Waals surface area contributed by atoms with Gasteiger partial charge in [-0.1, -0.05) is 30.3 Å². The van der Waals surface area contributed by atoms with Crippen LogP contribution >= 0.6 is 0 Å². The first-order chi connectivity index (χ1) is 17.4. The Bertz CT molecular complexity index is 525. The Balaban J connectivity index is 1.63. The number of hydrogen-bond acceptors (Lipinski definition) is 10. The van der Waals surface area contributed by atoms with Gasteiger partial charge in [-0.2, -0.15) is 0 Å². The van der Waals surface area contributed by atoms with Gasteiger partial charge < -0.3 is 48.4 Å². The molecule has 0 atom stereocenters. The Morgan fingerprint density at radius 3 is 0.971 bits per heavy atom. The minimum Gasteiger partial charge on any atom is -0.378 e. The molecule has 1 aromatic carbocycles. The van der Waals surface area contributed by atoms with E-state index in [0.29, 0.717) is 125 Å². The van der Waals surface area contributed by atoms with Crippen LogP contribution in [0.2, 0.25) is 0 Å². The van der Waals surface area contributed by atoms with E-state index in [2.05, 4.69) is 0 Å². The average Bonchev–Trinajstić information content (AvgIpc) is 2.89. The van der Waals surface area contributed by atoms with Crippen LogP contribution in [0, 0.1) is 0 Å². The number of hydrogen-bond donors (Lipinski definition) is 1. The summed E-state index contributed by atoms with van der Waals surface area (Å²) < 4.78 is 48.8. The molecule has 0 aromatic heterocycles. The van der Waals surface area contributed by atoms with Gasteiger partial charge in [-0.3, -0.25) is 0 Å². The summed E-state index contributed by atoms with van der Waals surface area (Å²) in [5.74, 6) is 0. The fraction of sp³-hybridized carbons (Fsp3) is 0.760. The van der Waals surface area contributed by atoms with Crippen LogP contribution < -0.4 is 5.73 Å². The van der Waals surface area contributed by atoms with Crippen molar-refractivity contribution in [2.45, 2.75) is 6.61 Å². The van der Waals surface area contributed by atoms with Gasteiger partial charge in [-0.05, 0) is 5.56 Å². The van der Waals surface area contributed by atoms with Crippen molar-refractivity contribution in [3.05, 3.63) is 35.9 Å². The van der Waals surface area contributed by atoms with Crippen LogP contribution in [0.25, 0.3) is 0 Å². The topological polar surface area (TPSA) is 109 Å². The zero-order chi connectivity index (χ0) is 24.9. The van der Waals surface area contributed by atoms with Crippen LogP contribution in [0.5, 0.6) is 0 Å². The fourth-order valence-electron chi connectivity index (χ4n) is 2.61. The third-order valence-electron chi connectivity index (χ3n) is 4.35. The van der Waals surface area contributed by atoms with Gasteiger partial charge in [-0.25, -0.2) is 0 Å². The smallest absolute Gasteiger partial charge is 0.0718 e. The maximum absolute atomic E-state index is 5.55. The van der Waals surface area contributed by atoms with E-state index in [1.807, 2.05) is 30.3 Å². The molecule has 10 heteroatoms. The molecule has 1 aromatic rings. The van der Waals surface area contributed by atoms with Crippen LogP contribution in [0.1, 0.15) is 5.56 Å². The normalized spacial score (nSPS) is 11.3. The van der Waals surface area contributed by atoms with E-state index in [-0.39, 0.29) is 0 Å². The maximum Gasteiger partial charge on any atom is 0.0718 e. The lowest BCUT2D eigenvalue weighted by Gasteiger charge is -2.09. The maximum atomic E-state index is 5.55. The molecule has 35 heavy (non-hydrogen) atoms. The summed E-state index contributed by atoms with van der Waals surface area (Å²) in [5.41, 5.74) is 6.48. The zero-order valence-electron chi connectivity index (χ0n) is 21.1. The van der Waals surface area contributed by atoms with Crippen molar-refractivity contribution in [2.75, 3.05) is 119 Å². The van der Waals surface area contributed by atoms with Gasteiger partial charge in [0.25, 0.3) is 0 Å². The van der Waals surface area contributed by atoms with Crippen LogP contribution in [0.15, 0.2) is 30.3 Å². The number of benzene rings is 1. The molecule has 0 heterocycles. The summed E-state index contributed by atoms with van der Waals surface area (Å²) in [4.78, 5) is 0. The molecule has 0 saturated heterocycles. The van der Waals surface area contributed by atoms with Gasteiger partial charge in [0.2, 0.25) is 0 Å². The molecular formula is C25H45NO9. The van der Waals surface area contributed by atoms with Crippen molar-refractivity contribution in [1.29, 1.82) is 0 Å². The van der Waals surface area contributed by atoms with E-state index >= 15 is 0 Å². The molecule has 10 nitrogen and oxygen atoms in total. The summed E-state index contributed by atoms with van der Waals surface area (Å²) in [6, 6.07) is 10.1. The summed E-state index contributed by atoms with van der Waals surface area (Å²) in [7, 11) is 0. The van der Waals surface area contributed by atoms with Gasteiger partial charge in [-0.15, -0.1) is 0 Å². The van der Waals surface area contributed by atoms with Crippen molar-refractivity contribution in [3.8, 4) is 0 Å². The van der Waals surface area contributed by atoms with Crippen LogP contribution in [-0.2, 0) is 49.2 Å². The van der Waals surface area contributed by atoms with Crippen molar-refractivity contribution >= 4 is 0 Å². The molecule has 1 rings (SSSR count). The Kier molecular flexibility index (Phi) is 24.9. The molecule has 0 aliphatic heterocycles. The molecule has 0 saturated carbocycles. The molecule has 0 aliphatic carbocycles. The van der Waals surface area contributed by atoms with Gasteiger partial charge in [0.05, 0.1) is 119 Å². The molecular weight excluding hydrogens is 458 g/mol. The van der Waals surface area contributed by atoms with Crippen molar-refractivity contribution < 1.29 is 42.6 Å². The molecule has 0 aliphatic rings. The van der Waals surface area contributed by atoms with E-state index in [0.717, 1.165) is 5.56 Å². The molecule has 204 valence electrons. The summed E-state index contributed by atoms with van der Waals surface area (Å²) >= 11 is 0. The standard InChI is InChI=1S/C25H45NO9/c26-6-7-27-8-9-28-10-11-29-12-13-30-14-15-31-16-17-32-18-19-33-20-21-34-22-23-35-24-25-4-2-1-3-5-25/h1-5H,6-24,26H2. The third kappa shape index (κ3) is 24.3. The van der Waals surface area contributed by atoms with Crippen molar-refractivity contribution in [3.63, 3.8) is 0 Å². The van der Waals surface area contributed by atoms with Gasteiger partial charge in [0, 0.05) is 6.54 Å². The molecule has 0 spiro atoms. The Hall–Kier alpha value is -1.18. The first-order valence-corrected chi connectivity index (χ1v) is 12.4. The minimum absolute atomic E-state index is 0.526. The summed E-state index contributed by atoms with van der Waals surface area (Å²) in [6.45, 7) is 10.3. The Morgan fingerprint density at radius 1 is 0.371 bits per heavy atom. The summed E-state index contributed by atoms with van der Waals surface area (Å²) in [6.07, 6.45) is 0. The third-order valence-corrected chi connectivity index (χ3v) is 4.35. The number of rotatable bonds is 28. The zero-order valence-corrected chi connectivity index (χ0v) is 21.1. The predicted molar refractivity (Wildman–Crippen MR) is 132 cm³/mol. The molecule has 0 radical (unpaired) electrons. The quantitative estimate of drug-likeness (QED) is 0.168. The highest BCUT2D eigenvalue weighted by atomic mass is 16.6. The van der Waals surface area contributed by atoms with Gasteiger partial charge in [0.1, 0.15) is 0 Å². The molecule has 0 unspecified atom stereocenters. The van der Waals surface area contributed by atoms with Crippen LogP contribution in [0.4, 0.5) is 0 Å². The lowest BCUT2D eigenvalue weighted by atomic mass is 10.2. The largest absolute Gasteiger partial charge is 0.378 e. The van der Waals surface area contributed by atoms with Crippen LogP contribution in [-0.4, -0.2) is 119 Å². The number of nitrogens with two attached hydrogens (primary N) is 1. The highest BCUT2D eigenvalue weighted by Gasteiger charge is 1.96. The van der Waals surface area contributed by atoms with Gasteiger partial charge in [0.15, 0.2) is 0 Å². The predicted octanol–water partition coefficient (Wildman–Crippen LogP) is 1.29. The monoisotopic (exact) mass is 503 g/mol. The first kappa shape index (κ1) is 31.8. The number of ether oxygens (including phenoxy) is 9. The van der Waals surface area contributed by atoms with E-state index in [9.17, 15) is 0 Å². The second-order valence-corrected chi connectivity index (χ2v) is 7.23. The SMILES string of the molecule is NCCOCCOCCOCCOCCOCCOCCOCCOCCOCc1ccccc1. The van der Waals surface area contributed by atoms with E-state index in [1.165, 1.54) is 0 Å². The molecule has 2 N–H and O–H groups in total. The van der Waals surface area contributed by atoms with Crippen molar-refractivity contribution in [2.24, 2.45) is 5.73 Å². The van der Waals surface area contributed by atoms with E-state index < -0.39 is 0 Å². The Morgan fingerprint density at radius 2 is 0.657 bits per heavy atom. The second-order valence-electron chi connectivity index (χ2n) is 7.23. The van der Waals surface area contributed by atoms with E-state index in [4.69, 9.17) is 48.4 Å². The van der Waals surface area contributed by atoms with E-state index in [1.54, 1.807) is 0 Å². The lowest BCUT2D eigenvalue weighted by Crippen LogP contribution is -2.15. The first-order valence-electron chi connectivity index (χ1n) is 12.4. The average molecular weight is 504 g/mol. The summed E-state index contributed by atoms with van der Waals surface area (Å²) in [5, 5.41) is 0. The fourth-order valence-corrected chi connectivity index (χ4v) is 2.61. The second kappa shape index (κ2) is 27.4.